The molecule has 5 nitrogen and oxygen atoms in total. The van der Waals surface area contributed by atoms with Crippen molar-refractivity contribution in [1.29, 1.82) is 0 Å². The average molecular weight is 431 g/mol. The second kappa shape index (κ2) is 13.0. The van der Waals surface area contributed by atoms with Gasteiger partial charge in [-0.1, -0.05) is 54.2 Å². The fraction of sp³-hybridized carbons (Fsp3) is 0.458. The number of rotatable bonds is 14. The number of methoxy groups -OCH3 is 3. The van der Waals surface area contributed by atoms with Gasteiger partial charge in [-0.15, -0.1) is 0 Å². The van der Waals surface area contributed by atoms with Crippen LogP contribution < -0.4 is 14.2 Å². The van der Waals surface area contributed by atoms with Gasteiger partial charge in [0.2, 0.25) is 0 Å². The lowest BCUT2D eigenvalue weighted by atomic mass is 10.1. The summed E-state index contributed by atoms with van der Waals surface area (Å²) in [4.78, 5) is 12.8. The van der Waals surface area contributed by atoms with E-state index in [1.54, 1.807) is 12.1 Å². The quantitative estimate of drug-likeness (QED) is 0.261. The van der Waals surface area contributed by atoms with Gasteiger partial charge in [-0.05, 0) is 31.2 Å². The number of ether oxygens (including phenoxy) is 3. The van der Waals surface area contributed by atoms with Gasteiger partial charge in [-0.3, -0.25) is 0 Å². The summed E-state index contributed by atoms with van der Waals surface area (Å²) in [5.41, 5.74) is 1.18. The Balaban J connectivity index is 1.74. The number of aryl methyl sites for hydroxylation is 1. The molecule has 0 aliphatic heterocycles. The first-order valence-electron chi connectivity index (χ1n) is 10.4. The Bertz CT molecular complexity index is 795. The van der Waals surface area contributed by atoms with Gasteiger partial charge in [0.15, 0.2) is 11.7 Å². The third kappa shape index (κ3) is 7.14. The molecule has 0 bridgehead atoms. The van der Waals surface area contributed by atoms with Crippen molar-refractivity contribution in [1.82, 2.24) is 0 Å². The van der Waals surface area contributed by atoms with E-state index < -0.39 is 13.3 Å². The molecule has 30 heavy (non-hydrogen) atoms. The second-order valence-corrected chi connectivity index (χ2v) is 8.78. The van der Waals surface area contributed by atoms with Crippen LogP contribution in [0.3, 0.4) is 0 Å². The molecule has 0 aliphatic carbocycles. The molecule has 2 aromatic carbocycles. The fourth-order valence-corrected chi connectivity index (χ4v) is 4.56. The molecule has 0 spiro atoms. The highest BCUT2D eigenvalue weighted by Gasteiger charge is 2.35. The van der Waals surface area contributed by atoms with Crippen molar-refractivity contribution in [2.24, 2.45) is 0 Å². The third-order valence-corrected chi connectivity index (χ3v) is 6.47. The van der Waals surface area contributed by atoms with E-state index in [0.29, 0.717) is 23.4 Å². The lowest BCUT2D eigenvalue weighted by Crippen LogP contribution is -2.04. The van der Waals surface area contributed by atoms with Crippen LogP contribution in [0.2, 0.25) is 0 Å². The van der Waals surface area contributed by atoms with Gasteiger partial charge in [0.25, 0.3) is 0 Å². The minimum atomic E-state index is -2.02. The molecule has 0 amide bonds. The second-order valence-electron chi connectivity index (χ2n) is 7.17. The first kappa shape index (κ1) is 23.9. The van der Waals surface area contributed by atoms with Crippen molar-refractivity contribution < 1.29 is 23.6 Å². The van der Waals surface area contributed by atoms with Crippen molar-refractivity contribution in [3.63, 3.8) is 0 Å². The molecular formula is C24H32O5P+. The van der Waals surface area contributed by atoms with E-state index in [1.807, 2.05) is 6.07 Å². The van der Waals surface area contributed by atoms with Gasteiger partial charge in [-0.2, -0.15) is 0 Å². The molecule has 1 unspecified atom stereocenters. The maximum atomic E-state index is 12.8. The molecule has 2 rings (SSSR count). The summed E-state index contributed by atoms with van der Waals surface area (Å²) in [6.07, 6.45) is 7.91. The van der Waals surface area contributed by atoms with E-state index in [4.69, 9.17) is 14.2 Å². The van der Waals surface area contributed by atoms with Crippen LogP contribution in [0.1, 0.15) is 54.4 Å². The SMILES string of the molecule is COc1cc(OC)c(C(=O)[P+](=O)CCCCCCCCc2ccccc2)c(OC)c1. The molecule has 0 saturated carbocycles. The summed E-state index contributed by atoms with van der Waals surface area (Å²) >= 11 is 0. The van der Waals surface area contributed by atoms with Gasteiger partial charge < -0.3 is 14.2 Å². The zero-order chi connectivity index (χ0) is 21.8. The van der Waals surface area contributed by atoms with Crippen LogP contribution in [-0.2, 0) is 11.0 Å². The normalized spacial score (nSPS) is 11.1. The number of unbranched alkanes of at least 4 members (excludes halogenated alkanes) is 5. The largest absolute Gasteiger partial charge is 0.496 e. The van der Waals surface area contributed by atoms with Crippen molar-refractivity contribution in [2.75, 3.05) is 27.5 Å². The molecule has 0 fully saturated rings. The highest BCUT2D eigenvalue weighted by Crippen LogP contribution is 2.40. The van der Waals surface area contributed by atoms with Gasteiger partial charge >= 0.3 is 13.3 Å². The Morgan fingerprint density at radius 1 is 0.800 bits per heavy atom. The topological polar surface area (TPSA) is 61.8 Å². The highest BCUT2D eigenvalue weighted by molar-refractivity contribution is 7.64. The Morgan fingerprint density at radius 2 is 1.37 bits per heavy atom. The van der Waals surface area contributed by atoms with Crippen molar-refractivity contribution in [3.05, 3.63) is 53.6 Å². The molecule has 2 aromatic rings. The molecule has 6 heteroatoms. The first-order chi connectivity index (χ1) is 14.6. The lowest BCUT2D eigenvalue weighted by Gasteiger charge is -2.11. The van der Waals surface area contributed by atoms with E-state index in [2.05, 4.69) is 24.3 Å². The summed E-state index contributed by atoms with van der Waals surface area (Å²) in [5.74, 6) is 1.15. The molecule has 162 valence electrons. The fourth-order valence-electron chi connectivity index (χ4n) is 3.38. The van der Waals surface area contributed by atoms with Gasteiger partial charge in [-0.25, -0.2) is 4.79 Å². The van der Waals surface area contributed by atoms with Crippen LogP contribution in [0.4, 0.5) is 0 Å². The predicted molar refractivity (Wildman–Crippen MR) is 121 cm³/mol. The number of hydrogen-bond acceptors (Lipinski definition) is 5. The molecule has 1 atom stereocenters. The Labute approximate surface area is 180 Å². The first-order valence-corrected chi connectivity index (χ1v) is 11.9. The third-order valence-electron chi connectivity index (χ3n) is 5.07. The van der Waals surface area contributed by atoms with Crippen molar-refractivity contribution >= 4 is 13.3 Å². The molecule has 0 heterocycles. The van der Waals surface area contributed by atoms with E-state index in [-0.39, 0.29) is 5.56 Å². The maximum absolute atomic E-state index is 12.8. The summed E-state index contributed by atoms with van der Waals surface area (Å²) in [7, 11) is 2.44. The molecule has 0 aromatic heterocycles. The van der Waals surface area contributed by atoms with Gasteiger partial charge in [0.1, 0.15) is 17.2 Å². The van der Waals surface area contributed by atoms with Crippen LogP contribution in [0.25, 0.3) is 0 Å². The van der Waals surface area contributed by atoms with E-state index >= 15 is 0 Å². The number of carbonyl (C=O) groups is 1. The minimum Gasteiger partial charge on any atom is -0.496 e. The molecule has 0 aliphatic rings. The van der Waals surface area contributed by atoms with E-state index in [1.165, 1.54) is 39.7 Å². The van der Waals surface area contributed by atoms with E-state index in [9.17, 15) is 9.36 Å². The lowest BCUT2D eigenvalue weighted by molar-refractivity contribution is 0.107. The number of carbonyl (C=O) groups excluding carboxylic acids is 1. The molecule has 0 saturated heterocycles. The standard InChI is InChI=1S/C24H32O5P/c1-27-20-17-21(28-2)23(22(18-20)29-3)24(25)30(26)16-12-7-5-4-6-9-13-19-14-10-8-11-15-19/h8,10-11,14-15,17-18H,4-7,9,12-13,16H2,1-3H3/q+1. The summed E-state index contributed by atoms with van der Waals surface area (Å²) < 4.78 is 28.4. The van der Waals surface area contributed by atoms with Crippen molar-refractivity contribution in [3.8, 4) is 17.2 Å². The van der Waals surface area contributed by atoms with Gasteiger partial charge in [0, 0.05) is 12.1 Å². The van der Waals surface area contributed by atoms with Crippen LogP contribution in [0, 0.1) is 0 Å². The van der Waals surface area contributed by atoms with Crippen LogP contribution in [0.15, 0.2) is 42.5 Å². The molecule has 0 radical (unpaired) electrons. The molecular weight excluding hydrogens is 399 g/mol. The zero-order valence-electron chi connectivity index (χ0n) is 18.2. The van der Waals surface area contributed by atoms with Crippen LogP contribution in [0.5, 0.6) is 17.2 Å². The smallest absolute Gasteiger partial charge is 0.420 e. The number of benzene rings is 2. The number of hydrogen-bond donors (Lipinski definition) is 0. The Kier molecular flexibility index (Phi) is 10.4. The van der Waals surface area contributed by atoms with E-state index in [0.717, 1.165) is 32.1 Å². The minimum absolute atomic E-state index is 0.225. The van der Waals surface area contributed by atoms with Crippen molar-refractivity contribution in [2.45, 2.75) is 44.9 Å². The maximum Gasteiger partial charge on any atom is 0.420 e. The highest BCUT2D eigenvalue weighted by atomic mass is 31.1. The summed E-state index contributed by atoms with van der Waals surface area (Å²) in [6, 6.07) is 13.7. The van der Waals surface area contributed by atoms with Crippen LogP contribution in [-0.4, -0.2) is 33.0 Å². The Hall–Kier alpha value is -2.39. The average Bonchev–Trinajstić information content (AvgIpc) is 2.79. The van der Waals surface area contributed by atoms with Gasteiger partial charge in [0.05, 0.1) is 21.3 Å². The monoisotopic (exact) mass is 431 g/mol. The Morgan fingerprint density at radius 3 is 1.93 bits per heavy atom. The zero-order valence-corrected chi connectivity index (χ0v) is 19.1. The summed E-state index contributed by atoms with van der Waals surface area (Å²) in [5, 5.41) is 0. The molecule has 0 N–H and O–H groups in total. The summed E-state index contributed by atoms with van der Waals surface area (Å²) in [6.45, 7) is 0. The van der Waals surface area contributed by atoms with Crippen LogP contribution >= 0.6 is 7.80 Å². The predicted octanol–water partition coefficient (Wildman–Crippen LogP) is 6.26.